The van der Waals surface area contributed by atoms with Gasteiger partial charge >= 0.3 is 0 Å². The van der Waals surface area contributed by atoms with Gasteiger partial charge in [-0.1, -0.05) is 12.2 Å². The standard InChI is InChI=1S/2C11H17N3.2C9H14N4/c1-7(2)14-6-12-10-5-8(3)9(4)13-11(10)14;1-7(2)14-11-10(6-12-14)5-8(3)9(4)13-11;1-6(2)13-5-11-8-4-10-7(3)12-9(8)13;1-6(2)13-9-8(5-11-13)4-10-7(3)12-9/h2*5-7,10-11H,1-4H3;2*4-6,8-9H,1-3H3. The second-order valence-electron chi connectivity index (χ2n) is 15.9. The fourth-order valence-electron chi connectivity index (χ4n) is 6.94. The minimum Gasteiger partial charge on any atom is -0.336 e. The van der Waals surface area contributed by atoms with Gasteiger partial charge in [0.2, 0.25) is 0 Å². The third-order valence-corrected chi connectivity index (χ3v) is 10.3. The van der Waals surface area contributed by atoms with Gasteiger partial charge in [-0.15, -0.1) is 0 Å². The number of hydrogen-bond acceptors (Lipinski definition) is 14. The molecule has 14 nitrogen and oxygen atoms in total. The van der Waals surface area contributed by atoms with Crippen molar-refractivity contribution in [3.8, 4) is 0 Å². The van der Waals surface area contributed by atoms with Crippen molar-refractivity contribution in [2.75, 3.05) is 0 Å². The van der Waals surface area contributed by atoms with Crippen LogP contribution in [0.4, 0.5) is 0 Å². The van der Waals surface area contributed by atoms with Crippen molar-refractivity contribution in [3.05, 3.63) is 23.3 Å². The summed E-state index contributed by atoms with van der Waals surface area (Å²) in [6, 6.07) is 2.10. The fourth-order valence-corrected chi connectivity index (χ4v) is 6.94. The van der Waals surface area contributed by atoms with E-state index >= 15 is 0 Å². The fraction of sp³-hybridized carbons (Fsp3) is 0.650. The molecule has 0 bridgehead atoms. The molecule has 8 aliphatic heterocycles. The summed E-state index contributed by atoms with van der Waals surface area (Å²) in [7, 11) is 0. The molecule has 8 rings (SSSR count). The largest absolute Gasteiger partial charge is 0.336 e. The third kappa shape index (κ3) is 9.18. The first kappa shape index (κ1) is 40.6. The Morgan fingerprint density at radius 2 is 0.907 bits per heavy atom. The maximum atomic E-state index is 4.68. The molecule has 0 aliphatic carbocycles. The van der Waals surface area contributed by atoms with E-state index in [0.29, 0.717) is 30.1 Å². The lowest BCUT2D eigenvalue weighted by atomic mass is 9.99. The first-order valence-electron chi connectivity index (χ1n) is 19.5. The van der Waals surface area contributed by atoms with Crippen LogP contribution in [0.15, 0.2) is 73.4 Å². The molecule has 0 radical (unpaired) electrons. The number of dihydropyridines is 2. The zero-order valence-electron chi connectivity index (χ0n) is 34.8. The minimum atomic E-state index is 0.131. The van der Waals surface area contributed by atoms with Gasteiger partial charge in [0.1, 0.15) is 36.1 Å². The highest BCUT2D eigenvalue weighted by Crippen LogP contribution is 2.28. The van der Waals surface area contributed by atoms with Crippen LogP contribution in [-0.4, -0.2) is 141 Å². The lowest BCUT2D eigenvalue weighted by molar-refractivity contribution is 0.173. The van der Waals surface area contributed by atoms with E-state index in [1.165, 1.54) is 11.1 Å². The molecule has 14 heteroatoms. The number of aliphatic imine (C=N–C) groups is 8. The maximum Gasteiger partial charge on any atom is 0.152 e. The molecule has 0 saturated heterocycles. The van der Waals surface area contributed by atoms with Crippen LogP contribution >= 0.6 is 0 Å². The second kappa shape index (κ2) is 17.2. The van der Waals surface area contributed by atoms with Gasteiger partial charge in [0.25, 0.3) is 0 Å². The predicted octanol–water partition coefficient (Wildman–Crippen LogP) is 5.99. The normalized spacial score (nSPS) is 30.8. The van der Waals surface area contributed by atoms with Crippen LogP contribution in [0.2, 0.25) is 0 Å². The van der Waals surface area contributed by atoms with Crippen LogP contribution in [0.1, 0.15) is 96.9 Å². The summed E-state index contributed by atoms with van der Waals surface area (Å²) in [5, 5.41) is 12.8. The van der Waals surface area contributed by atoms with Gasteiger partial charge < -0.3 is 9.80 Å². The number of fused-ring (bicyclic) bond motifs is 4. The Morgan fingerprint density at radius 1 is 0.463 bits per heavy atom. The number of hydrogen-bond donors (Lipinski definition) is 0. The SMILES string of the molecule is CC1=CC2C=NN(C(C)C)C2N=C1C.CC1=CC2N=CN(C(C)C)C2N=C1C.CC1=NC2C(C=N1)C=NN2C(C)C.CC1=NC2C(C=N1)N=CN2C(C)C. The van der Waals surface area contributed by atoms with E-state index in [2.05, 4.69) is 160 Å². The number of nitrogens with zero attached hydrogens (tertiary/aromatic N) is 14. The van der Waals surface area contributed by atoms with Crippen molar-refractivity contribution in [2.45, 2.75) is 158 Å². The summed E-state index contributed by atoms with van der Waals surface area (Å²) in [5.74, 6) is 2.34. The van der Waals surface area contributed by atoms with E-state index in [1.54, 1.807) is 0 Å². The van der Waals surface area contributed by atoms with Crippen molar-refractivity contribution < 1.29 is 0 Å². The number of rotatable bonds is 4. The molecule has 8 unspecified atom stereocenters. The molecule has 0 amide bonds. The van der Waals surface area contributed by atoms with Crippen LogP contribution in [0.5, 0.6) is 0 Å². The van der Waals surface area contributed by atoms with Crippen molar-refractivity contribution in [2.24, 2.45) is 62.0 Å². The van der Waals surface area contributed by atoms with Gasteiger partial charge in [0, 0.05) is 60.4 Å². The van der Waals surface area contributed by atoms with Crippen LogP contribution in [0.3, 0.4) is 0 Å². The quantitative estimate of drug-likeness (QED) is 0.350. The molecule has 0 spiro atoms. The summed E-state index contributed by atoms with van der Waals surface area (Å²) < 4.78 is 0. The third-order valence-electron chi connectivity index (χ3n) is 10.3. The summed E-state index contributed by atoms with van der Waals surface area (Å²) in [6.45, 7) is 29.4. The lowest BCUT2D eigenvalue weighted by Gasteiger charge is -2.30. The van der Waals surface area contributed by atoms with E-state index in [0.717, 1.165) is 23.1 Å². The Balaban J connectivity index is 0.000000139. The lowest BCUT2D eigenvalue weighted by Crippen LogP contribution is -2.41. The number of amidine groups is 2. The molecule has 0 fully saturated rings. The number of allylic oxidation sites excluding steroid dienone is 2. The van der Waals surface area contributed by atoms with Gasteiger partial charge in [-0.2, -0.15) is 10.2 Å². The molecule has 0 aromatic carbocycles. The number of hydrazone groups is 2. The molecule has 0 aromatic heterocycles. The topological polar surface area (TPSA) is 137 Å². The average molecular weight is 739 g/mol. The Morgan fingerprint density at radius 3 is 1.46 bits per heavy atom. The van der Waals surface area contributed by atoms with E-state index in [1.807, 2.05) is 56.4 Å². The van der Waals surface area contributed by atoms with Crippen LogP contribution < -0.4 is 0 Å². The van der Waals surface area contributed by atoms with E-state index in [-0.39, 0.29) is 42.7 Å². The van der Waals surface area contributed by atoms with Crippen LogP contribution in [-0.2, 0) is 0 Å². The smallest absolute Gasteiger partial charge is 0.152 e. The van der Waals surface area contributed by atoms with Crippen LogP contribution in [0.25, 0.3) is 0 Å². The van der Waals surface area contributed by atoms with E-state index in [4.69, 9.17) is 0 Å². The summed E-state index contributed by atoms with van der Waals surface area (Å²) >= 11 is 0. The van der Waals surface area contributed by atoms with Gasteiger partial charge in [-0.25, -0.2) is 20.0 Å². The molecule has 8 atom stereocenters. The molecular weight excluding hydrogens is 677 g/mol. The predicted molar refractivity (Wildman–Crippen MR) is 229 cm³/mol. The highest BCUT2D eigenvalue weighted by atomic mass is 15.5. The van der Waals surface area contributed by atoms with Gasteiger partial charge in [0.15, 0.2) is 12.3 Å². The molecule has 8 aliphatic rings. The monoisotopic (exact) mass is 739 g/mol. The maximum absolute atomic E-state index is 4.68. The zero-order chi connectivity index (χ0) is 39.4. The van der Waals surface area contributed by atoms with Gasteiger partial charge in [-0.05, 0) is 108 Å². The summed E-state index contributed by atoms with van der Waals surface area (Å²) in [6.07, 6.45) is 16.7. The molecule has 0 N–H and O–H groups in total. The summed E-state index contributed by atoms with van der Waals surface area (Å²) in [5.41, 5.74) is 4.82. The molecule has 0 saturated carbocycles. The van der Waals surface area contributed by atoms with Gasteiger partial charge in [-0.3, -0.25) is 30.0 Å². The average Bonchev–Trinajstić information content (AvgIpc) is 3.91. The highest BCUT2D eigenvalue weighted by molar-refractivity contribution is 6.00. The first-order chi connectivity index (χ1) is 25.5. The van der Waals surface area contributed by atoms with Crippen LogP contribution in [0, 0.1) is 11.8 Å². The Labute approximate surface area is 322 Å². The van der Waals surface area contributed by atoms with Gasteiger partial charge in [0.05, 0.1) is 24.5 Å². The van der Waals surface area contributed by atoms with E-state index in [9.17, 15) is 0 Å². The Kier molecular flexibility index (Phi) is 12.9. The van der Waals surface area contributed by atoms with Crippen molar-refractivity contribution >= 4 is 60.6 Å². The molecular formula is C40H62N14. The minimum absolute atomic E-state index is 0.131. The summed E-state index contributed by atoms with van der Waals surface area (Å²) in [4.78, 5) is 39.8. The zero-order valence-corrected chi connectivity index (χ0v) is 34.8. The molecule has 54 heavy (non-hydrogen) atoms. The Bertz CT molecular complexity index is 1610. The second-order valence-corrected chi connectivity index (χ2v) is 15.9. The highest BCUT2D eigenvalue weighted by Gasteiger charge is 2.35. The Hall–Kier alpha value is -4.62. The molecule has 292 valence electrons. The van der Waals surface area contributed by atoms with Crippen molar-refractivity contribution in [1.29, 1.82) is 0 Å². The first-order valence-corrected chi connectivity index (χ1v) is 19.5. The molecule has 8 heterocycles. The molecule has 0 aromatic rings. The van der Waals surface area contributed by atoms with Crippen molar-refractivity contribution in [1.82, 2.24) is 19.8 Å². The van der Waals surface area contributed by atoms with Crippen molar-refractivity contribution in [3.63, 3.8) is 0 Å². The van der Waals surface area contributed by atoms with E-state index < -0.39 is 0 Å².